The van der Waals surface area contributed by atoms with Crippen LogP contribution in [0.3, 0.4) is 0 Å². The van der Waals surface area contributed by atoms with Crippen molar-refractivity contribution in [1.82, 2.24) is 0 Å². The van der Waals surface area contributed by atoms with E-state index in [1.165, 1.54) is 0 Å². The Hall–Kier alpha value is -1.22. The number of amides is 1. The Morgan fingerprint density at radius 1 is 1.57 bits per heavy atom. The zero-order valence-corrected chi connectivity index (χ0v) is 8.89. The molecule has 1 N–H and O–H groups in total. The van der Waals surface area contributed by atoms with Crippen LogP contribution in [0, 0.1) is 0 Å². The van der Waals surface area contributed by atoms with Crippen LogP contribution in [0.25, 0.3) is 0 Å². The summed E-state index contributed by atoms with van der Waals surface area (Å²) in [5.41, 5.74) is 1.72. The number of nitrogens with one attached hydrogen (secondary N) is 1. The van der Waals surface area contributed by atoms with Crippen molar-refractivity contribution < 1.29 is 9.53 Å². The molecular weight excluding hydrogens is 202 g/mol. The smallest absolute Gasteiger partial charge is 0.318 e. The highest BCUT2D eigenvalue weighted by molar-refractivity contribution is 6.65. The average Bonchev–Trinajstić information content (AvgIpc) is 2.16. The highest BCUT2D eigenvalue weighted by atomic mass is 35.5. The van der Waals surface area contributed by atoms with Crippen molar-refractivity contribution in [3.8, 4) is 5.75 Å². The number of hydrogen-bond acceptors (Lipinski definition) is 2. The summed E-state index contributed by atoms with van der Waals surface area (Å²) < 4.78 is 5.15. The van der Waals surface area contributed by atoms with Gasteiger partial charge in [-0.3, -0.25) is 4.79 Å². The lowest BCUT2D eigenvalue weighted by Gasteiger charge is -2.08. The predicted molar refractivity (Wildman–Crippen MR) is 57.2 cm³/mol. The molecule has 1 rings (SSSR count). The number of anilines is 1. The molecule has 4 heteroatoms. The summed E-state index contributed by atoms with van der Waals surface area (Å²) in [7, 11) is 1.62. The van der Waals surface area contributed by atoms with E-state index in [1.807, 2.05) is 13.0 Å². The molecule has 1 aromatic carbocycles. The van der Waals surface area contributed by atoms with Gasteiger partial charge in [0.05, 0.1) is 7.11 Å². The third-order valence-electron chi connectivity index (χ3n) is 1.90. The minimum absolute atomic E-state index is 0.586. The molecule has 0 aromatic heterocycles. The summed E-state index contributed by atoms with van der Waals surface area (Å²) >= 11 is 5.20. The van der Waals surface area contributed by atoms with Crippen LogP contribution in [-0.4, -0.2) is 12.5 Å². The molecule has 1 aromatic rings. The van der Waals surface area contributed by atoms with E-state index in [1.54, 1.807) is 19.2 Å². The summed E-state index contributed by atoms with van der Waals surface area (Å²) in [6.45, 7) is 2.02. The number of benzene rings is 1. The van der Waals surface area contributed by atoms with E-state index < -0.39 is 5.37 Å². The van der Waals surface area contributed by atoms with Crippen molar-refractivity contribution in [1.29, 1.82) is 0 Å². The number of hydrogen-bond donors (Lipinski definition) is 1. The minimum Gasteiger partial charge on any atom is -0.496 e. The molecular formula is C10H12ClNO2. The normalized spacial score (nSPS) is 9.64. The molecule has 0 bridgehead atoms. The molecule has 0 radical (unpaired) electrons. The fourth-order valence-electron chi connectivity index (χ4n) is 1.25. The van der Waals surface area contributed by atoms with Crippen LogP contribution in [-0.2, 0) is 6.42 Å². The quantitative estimate of drug-likeness (QED) is 0.619. The molecule has 1 amide bonds. The second-order valence-electron chi connectivity index (χ2n) is 2.78. The fraction of sp³-hybridized carbons (Fsp3) is 0.300. The molecule has 0 heterocycles. The molecule has 0 atom stereocenters. The standard InChI is InChI=1S/C10H12ClNO2/c1-3-7-6-8(12-10(11)13)4-5-9(7)14-2/h4-6H,3H2,1-2H3,(H,12,13). The van der Waals surface area contributed by atoms with Crippen molar-refractivity contribution in [3.63, 3.8) is 0 Å². The van der Waals surface area contributed by atoms with Crippen LogP contribution < -0.4 is 10.1 Å². The fourth-order valence-corrected chi connectivity index (χ4v) is 1.36. The van der Waals surface area contributed by atoms with Crippen LogP contribution in [0.5, 0.6) is 5.75 Å². The number of methoxy groups -OCH3 is 1. The van der Waals surface area contributed by atoms with E-state index >= 15 is 0 Å². The van der Waals surface area contributed by atoms with Crippen molar-refractivity contribution >= 4 is 22.7 Å². The van der Waals surface area contributed by atoms with E-state index in [0.29, 0.717) is 5.69 Å². The van der Waals surface area contributed by atoms with E-state index in [0.717, 1.165) is 17.7 Å². The van der Waals surface area contributed by atoms with Crippen LogP contribution in [0.1, 0.15) is 12.5 Å². The maximum atomic E-state index is 10.6. The number of aryl methyl sites for hydroxylation is 1. The topological polar surface area (TPSA) is 38.3 Å². The van der Waals surface area contributed by atoms with Gasteiger partial charge in [0.25, 0.3) is 0 Å². The SMILES string of the molecule is CCc1cc(NC(=O)Cl)ccc1OC. The second kappa shape index (κ2) is 4.86. The predicted octanol–water partition coefficient (Wildman–Crippen LogP) is 3.03. The zero-order valence-electron chi connectivity index (χ0n) is 8.13. The first-order valence-corrected chi connectivity index (χ1v) is 4.68. The maximum Gasteiger partial charge on any atom is 0.318 e. The van der Waals surface area contributed by atoms with Gasteiger partial charge in [0, 0.05) is 5.69 Å². The Bertz CT molecular complexity index is 339. The van der Waals surface area contributed by atoms with Gasteiger partial charge >= 0.3 is 5.37 Å². The van der Waals surface area contributed by atoms with Crippen LogP contribution in [0.2, 0.25) is 0 Å². The number of carbonyl (C=O) groups excluding carboxylic acids is 1. The molecule has 3 nitrogen and oxygen atoms in total. The molecule has 0 saturated heterocycles. The summed E-state index contributed by atoms with van der Waals surface area (Å²) in [6.07, 6.45) is 0.842. The first-order valence-electron chi connectivity index (χ1n) is 4.30. The third-order valence-corrected chi connectivity index (χ3v) is 2.00. The van der Waals surface area contributed by atoms with Crippen molar-refractivity contribution in [3.05, 3.63) is 23.8 Å². The molecule has 0 fully saturated rings. The summed E-state index contributed by atoms with van der Waals surface area (Å²) in [6, 6.07) is 5.40. The molecule has 0 saturated carbocycles. The Labute approximate surface area is 88.0 Å². The van der Waals surface area contributed by atoms with Gasteiger partial charge in [0.15, 0.2) is 0 Å². The highest BCUT2D eigenvalue weighted by Gasteiger charge is 2.03. The van der Waals surface area contributed by atoms with E-state index in [9.17, 15) is 4.79 Å². The Morgan fingerprint density at radius 2 is 2.29 bits per heavy atom. The first kappa shape index (κ1) is 10.9. The Balaban J connectivity index is 2.95. The molecule has 76 valence electrons. The minimum atomic E-state index is -0.586. The zero-order chi connectivity index (χ0) is 10.6. The number of rotatable bonds is 3. The van der Waals surface area contributed by atoms with Crippen LogP contribution >= 0.6 is 11.6 Å². The van der Waals surface area contributed by atoms with Crippen molar-refractivity contribution in [2.45, 2.75) is 13.3 Å². The van der Waals surface area contributed by atoms with Gasteiger partial charge in [-0.1, -0.05) is 6.92 Å². The van der Waals surface area contributed by atoms with Gasteiger partial charge in [-0.25, -0.2) is 0 Å². The summed E-state index contributed by atoms with van der Waals surface area (Å²) in [4.78, 5) is 10.6. The highest BCUT2D eigenvalue weighted by Crippen LogP contribution is 2.23. The second-order valence-corrected chi connectivity index (χ2v) is 3.12. The van der Waals surface area contributed by atoms with Gasteiger partial charge in [0.2, 0.25) is 0 Å². The van der Waals surface area contributed by atoms with E-state index in [2.05, 4.69) is 5.32 Å². The average molecular weight is 214 g/mol. The van der Waals surface area contributed by atoms with E-state index in [-0.39, 0.29) is 0 Å². The molecule has 0 spiro atoms. The molecule has 14 heavy (non-hydrogen) atoms. The van der Waals surface area contributed by atoms with Crippen molar-refractivity contribution in [2.24, 2.45) is 0 Å². The van der Waals surface area contributed by atoms with Gasteiger partial charge in [0.1, 0.15) is 5.75 Å². The van der Waals surface area contributed by atoms with Gasteiger partial charge in [-0.2, -0.15) is 0 Å². The summed E-state index contributed by atoms with van der Waals surface area (Å²) in [5.74, 6) is 0.820. The van der Waals surface area contributed by atoms with Gasteiger partial charge in [-0.05, 0) is 41.8 Å². The number of halogens is 1. The maximum absolute atomic E-state index is 10.6. The largest absolute Gasteiger partial charge is 0.496 e. The first-order chi connectivity index (χ1) is 6.67. The van der Waals surface area contributed by atoms with Crippen LogP contribution in [0.4, 0.5) is 10.5 Å². The van der Waals surface area contributed by atoms with Gasteiger partial charge < -0.3 is 10.1 Å². The lowest BCUT2D eigenvalue weighted by molar-refractivity contribution is 0.269. The lowest BCUT2D eigenvalue weighted by Crippen LogP contribution is -2.02. The van der Waals surface area contributed by atoms with E-state index in [4.69, 9.17) is 16.3 Å². The monoisotopic (exact) mass is 213 g/mol. The Morgan fingerprint density at radius 3 is 2.79 bits per heavy atom. The lowest BCUT2D eigenvalue weighted by atomic mass is 10.1. The molecule has 0 unspecified atom stereocenters. The molecule has 0 aliphatic carbocycles. The van der Waals surface area contributed by atoms with Crippen molar-refractivity contribution in [2.75, 3.05) is 12.4 Å². The number of ether oxygens (including phenoxy) is 1. The Kier molecular flexibility index (Phi) is 3.77. The molecule has 0 aliphatic rings. The van der Waals surface area contributed by atoms with Crippen LogP contribution in [0.15, 0.2) is 18.2 Å². The molecule has 0 aliphatic heterocycles. The van der Waals surface area contributed by atoms with Gasteiger partial charge in [-0.15, -0.1) is 0 Å². The third kappa shape index (κ3) is 2.64. The number of carbonyl (C=O) groups is 1. The summed E-state index contributed by atoms with van der Waals surface area (Å²) in [5, 5.41) is 1.92.